The minimum atomic E-state index is -0.646. The Kier molecular flexibility index (Phi) is 5.56. The van der Waals surface area contributed by atoms with Crippen molar-refractivity contribution in [3.05, 3.63) is 34.9 Å². The summed E-state index contributed by atoms with van der Waals surface area (Å²) in [6, 6.07) is 6.34. The molecule has 1 amide bonds. The summed E-state index contributed by atoms with van der Waals surface area (Å²) in [6.45, 7) is 0.469. The summed E-state index contributed by atoms with van der Waals surface area (Å²) in [6.07, 6.45) is 4.51. The number of rotatable bonds is 6. The highest BCUT2D eigenvalue weighted by atomic mass is 16.5. The van der Waals surface area contributed by atoms with E-state index in [1.807, 2.05) is 6.07 Å². The van der Waals surface area contributed by atoms with Gasteiger partial charge in [0.2, 0.25) is 5.91 Å². The summed E-state index contributed by atoms with van der Waals surface area (Å²) in [4.78, 5) is 11.8. The smallest absolute Gasteiger partial charge is 0.224 e. The van der Waals surface area contributed by atoms with Crippen LogP contribution in [0.5, 0.6) is 0 Å². The van der Waals surface area contributed by atoms with Gasteiger partial charge in [-0.25, -0.2) is 0 Å². The summed E-state index contributed by atoms with van der Waals surface area (Å²) in [5.74, 6) is -0.0593. The molecule has 1 aliphatic carbocycles. The molecule has 0 fully saturated rings. The Balaban J connectivity index is 1.85. The maximum absolute atomic E-state index is 11.8. The second-order valence-electron chi connectivity index (χ2n) is 5.40. The number of amides is 1. The van der Waals surface area contributed by atoms with Crippen LogP contribution in [0.3, 0.4) is 0 Å². The minimum absolute atomic E-state index is 0.0593. The molecule has 0 aliphatic heterocycles. The van der Waals surface area contributed by atoms with Crippen LogP contribution in [0.4, 0.5) is 0 Å². The van der Waals surface area contributed by atoms with E-state index < -0.39 is 6.10 Å². The number of fused-ring (bicyclic) bond motifs is 1. The number of benzene rings is 1. The highest BCUT2D eigenvalue weighted by Gasteiger charge is 2.12. The number of hydrogen-bond acceptors (Lipinski definition) is 3. The van der Waals surface area contributed by atoms with Crippen molar-refractivity contribution in [1.29, 1.82) is 0 Å². The molecule has 1 unspecified atom stereocenters. The third-order valence-electron chi connectivity index (χ3n) is 3.67. The van der Waals surface area contributed by atoms with E-state index in [4.69, 9.17) is 4.74 Å². The van der Waals surface area contributed by atoms with Crippen molar-refractivity contribution >= 4 is 5.91 Å². The third kappa shape index (κ3) is 4.32. The number of aryl methyl sites for hydroxylation is 2. The van der Waals surface area contributed by atoms with Crippen LogP contribution >= 0.6 is 0 Å². The molecule has 2 rings (SSSR count). The van der Waals surface area contributed by atoms with Crippen LogP contribution in [0.25, 0.3) is 0 Å². The highest BCUT2D eigenvalue weighted by Crippen LogP contribution is 2.22. The van der Waals surface area contributed by atoms with E-state index in [9.17, 15) is 9.90 Å². The van der Waals surface area contributed by atoms with Gasteiger partial charge in [0.1, 0.15) is 0 Å². The molecular weight excluding hydrogens is 254 g/mol. The van der Waals surface area contributed by atoms with E-state index in [2.05, 4.69) is 17.4 Å². The van der Waals surface area contributed by atoms with Gasteiger partial charge in [0.05, 0.1) is 19.1 Å². The molecule has 0 saturated carbocycles. The third-order valence-corrected chi connectivity index (χ3v) is 3.67. The molecule has 1 aliphatic rings. The van der Waals surface area contributed by atoms with Crippen LogP contribution in [-0.2, 0) is 28.8 Å². The first-order chi connectivity index (χ1) is 9.69. The maximum atomic E-state index is 11.8. The molecule has 2 N–H and O–H groups in total. The molecular formula is C16H23NO3. The van der Waals surface area contributed by atoms with Gasteiger partial charge < -0.3 is 15.2 Å². The molecule has 1 aromatic carbocycles. The lowest BCUT2D eigenvalue weighted by Crippen LogP contribution is -2.35. The fraction of sp³-hybridized carbons (Fsp3) is 0.562. The monoisotopic (exact) mass is 277 g/mol. The first-order valence-electron chi connectivity index (χ1n) is 7.23. The molecule has 0 saturated heterocycles. The van der Waals surface area contributed by atoms with Crippen LogP contribution in [-0.4, -0.2) is 37.4 Å². The van der Waals surface area contributed by atoms with Crippen molar-refractivity contribution in [3.8, 4) is 0 Å². The van der Waals surface area contributed by atoms with Gasteiger partial charge in [0.25, 0.3) is 0 Å². The van der Waals surface area contributed by atoms with Crippen molar-refractivity contribution in [1.82, 2.24) is 5.32 Å². The number of carbonyl (C=O) groups is 1. The van der Waals surface area contributed by atoms with Crippen molar-refractivity contribution in [2.24, 2.45) is 0 Å². The lowest BCUT2D eigenvalue weighted by molar-refractivity contribution is -0.121. The van der Waals surface area contributed by atoms with Crippen LogP contribution in [0.15, 0.2) is 18.2 Å². The molecule has 110 valence electrons. The van der Waals surface area contributed by atoms with Crippen LogP contribution in [0.2, 0.25) is 0 Å². The molecule has 0 spiro atoms. The van der Waals surface area contributed by atoms with Gasteiger partial charge >= 0.3 is 0 Å². The SMILES string of the molecule is COCC(O)CNC(=O)Cc1ccc2c(c1)CCCC2. The first-order valence-corrected chi connectivity index (χ1v) is 7.23. The zero-order valence-corrected chi connectivity index (χ0v) is 12.0. The maximum Gasteiger partial charge on any atom is 0.224 e. The van der Waals surface area contributed by atoms with E-state index in [1.165, 1.54) is 31.1 Å². The van der Waals surface area contributed by atoms with Crippen molar-refractivity contribution in [2.45, 2.75) is 38.2 Å². The average molecular weight is 277 g/mol. The second kappa shape index (κ2) is 7.41. The number of hydrogen-bond donors (Lipinski definition) is 2. The lowest BCUT2D eigenvalue weighted by Gasteiger charge is -2.16. The molecule has 4 nitrogen and oxygen atoms in total. The highest BCUT2D eigenvalue weighted by molar-refractivity contribution is 5.78. The van der Waals surface area contributed by atoms with E-state index in [0.717, 1.165) is 18.4 Å². The number of aliphatic hydroxyl groups is 1. The summed E-state index contributed by atoms with van der Waals surface area (Å²) in [5.41, 5.74) is 3.86. The zero-order chi connectivity index (χ0) is 14.4. The predicted octanol–water partition coefficient (Wildman–Crippen LogP) is 1.23. The zero-order valence-electron chi connectivity index (χ0n) is 12.0. The average Bonchev–Trinajstić information content (AvgIpc) is 2.45. The normalized spacial score (nSPS) is 15.5. The fourth-order valence-electron chi connectivity index (χ4n) is 2.63. The Morgan fingerprint density at radius 2 is 2.10 bits per heavy atom. The fourth-order valence-corrected chi connectivity index (χ4v) is 2.63. The van der Waals surface area contributed by atoms with Crippen LogP contribution < -0.4 is 5.32 Å². The lowest BCUT2D eigenvalue weighted by atomic mass is 9.90. The van der Waals surface area contributed by atoms with Crippen molar-refractivity contribution in [3.63, 3.8) is 0 Å². The van der Waals surface area contributed by atoms with Gasteiger partial charge in [-0.3, -0.25) is 4.79 Å². The van der Waals surface area contributed by atoms with Gasteiger partial charge in [-0.2, -0.15) is 0 Å². The minimum Gasteiger partial charge on any atom is -0.389 e. The molecule has 1 aromatic rings. The second-order valence-corrected chi connectivity index (χ2v) is 5.40. The Morgan fingerprint density at radius 1 is 1.35 bits per heavy atom. The standard InChI is InChI=1S/C16H23NO3/c1-20-11-15(18)10-17-16(19)9-12-6-7-13-4-2-3-5-14(13)8-12/h6-8,15,18H,2-5,9-11H2,1H3,(H,17,19). The van der Waals surface area contributed by atoms with Crippen LogP contribution in [0.1, 0.15) is 29.5 Å². The van der Waals surface area contributed by atoms with E-state index in [0.29, 0.717) is 6.42 Å². The number of nitrogens with one attached hydrogen (secondary N) is 1. The quantitative estimate of drug-likeness (QED) is 0.822. The Hall–Kier alpha value is -1.39. The van der Waals surface area contributed by atoms with Gasteiger partial charge in [-0.05, 0) is 42.4 Å². The molecule has 0 aromatic heterocycles. The first kappa shape index (κ1) is 15.0. The Labute approximate surface area is 120 Å². The Morgan fingerprint density at radius 3 is 2.85 bits per heavy atom. The van der Waals surface area contributed by atoms with Gasteiger partial charge in [-0.1, -0.05) is 18.2 Å². The van der Waals surface area contributed by atoms with Gasteiger partial charge in [-0.15, -0.1) is 0 Å². The van der Waals surface area contributed by atoms with Gasteiger partial charge in [0.15, 0.2) is 0 Å². The molecule has 20 heavy (non-hydrogen) atoms. The predicted molar refractivity (Wildman–Crippen MR) is 77.7 cm³/mol. The van der Waals surface area contributed by atoms with Crippen molar-refractivity contribution in [2.75, 3.05) is 20.3 Å². The number of ether oxygens (including phenoxy) is 1. The van der Waals surface area contributed by atoms with E-state index >= 15 is 0 Å². The summed E-state index contributed by atoms with van der Waals surface area (Å²) in [7, 11) is 1.53. The van der Waals surface area contributed by atoms with E-state index in [1.54, 1.807) is 0 Å². The topological polar surface area (TPSA) is 58.6 Å². The molecule has 0 radical (unpaired) electrons. The van der Waals surface area contributed by atoms with E-state index in [-0.39, 0.29) is 19.1 Å². The van der Waals surface area contributed by atoms with Crippen LogP contribution in [0, 0.1) is 0 Å². The number of carbonyl (C=O) groups excluding carboxylic acids is 1. The van der Waals surface area contributed by atoms with Gasteiger partial charge in [0, 0.05) is 13.7 Å². The largest absolute Gasteiger partial charge is 0.389 e. The molecule has 0 bridgehead atoms. The Bertz CT molecular complexity index is 459. The molecule has 4 heteroatoms. The number of methoxy groups -OCH3 is 1. The van der Waals surface area contributed by atoms with Crippen molar-refractivity contribution < 1.29 is 14.6 Å². The molecule has 1 atom stereocenters. The molecule has 0 heterocycles. The summed E-state index contributed by atoms with van der Waals surface area (Å²) in [5, 5.41) is 12.2. The number of aliphatic hydroxyl groups excluding tert-OH is 1. The summed E-state index contributed by atoms with van der Waals surface area (Å²) < 4.78 is 4.82. The summed E-state index contributed by atoms with van der Waals surface area (Å²) >= 11 is 0.